The number of rotatable bonds is 5. The smallest absolute Gasteiger partial charge is 0.259 e. The Morgan fingerprint density at radius 2 is 1.77 bits per heavy atom. The molecule has 3 aromatic rings. The molecule has 158 valence electrons. The van der Waals surface area contributed by atoms with Crippen molar-refractivity contribution in [2.45, 2.75) is 23.1 Å². The molecule has 0 fully saturated rings. The topological polar surface area (TPSA) is 92.5 Å². The number of nitrogen functional groups attached to an aromatic ring is 1. The zero-order valence-electron chi connectivity index (χ0n) is 17.1. The van der Waals surface area contributed by atoms with E-state index in [1.807, 2.05) is 31.2 Å². The van der Waals surface area contributed by atoms with Gasteiger partial charge in [-0.3, -0.25) is 9.59 Å². The van der Waals surface area contributed by atoms with Gasteiger partial charge in [0.05, 0.1) is 31.8 Å². The third-order valence-electron chi connectivity index (χ3n) is 5.27. The van der Waals surface area contributed by atoms with Gasteiger partial charge in [0.25, 0.3) is 11.8 Å². The van der Waals surface area contributed by atoms with Crippen LogP contribution in [0.4, 0.5) is 11.4 Å². The molecule has 1 aliphatic rings. The third-order valence-corrected chi connectivity index (χ3v) is 6.77. The maximum atomic E-state index is 13.2. The Morgan fingerprint density at radius 3 is 2.52 bits per heavy atom. The van der Waals surface area contributed by atoms with Crippen molar-refractivity contribution in [3.8, 4) is 0 Å². The summed E-state index contributed by atoms with van der Waals surface area (Å²) in [5.74, 6) is -0.458. The van der Waals surface area contributed by atoms with E-state index in [1.165, 1.54) is 0 Å². The molecular weight excluding hydrogens is 410 g/mol. The van der Waals surface area contributed by atoms with E-state index in [4.69, 9.17) is 5.73 Å². The molecule has 0 saturated carbocycles. The first-order valence-corrected chi connectivity index (χ1v) is 11.2. The van der Waals surface area contributed by atoms with Gasteiger partial charge in [-0.1, -0.05) is 24.3 Å². The van der Waals surface area contributed by atoms with Crippen LogP contribution in [0.2, 0.25) is 0 Å². The lowest BCUT2D eigenvalue weighted by Gasteiger charge is -2.21. The molecule has 0 aromatic heterocycles. The number of nitrogens with one attached hydrogen (secondary N) is 1. The molecule has 6 nitrogen and oxygen atoms in total. The van der Waals surface area contributed by atoms with E-state index in [-0.39, 0.29) is 11.8 Å². The van der Waals surface area contributed by atoms with E-state index in [1.54, 1.807) is 47.4 Å². The largest absolute Gasteiger partial charge is 0.399 e. The Morgan fingerprint density at radius 1 is 1.03 bits per heavy atom. The van der Waals surface area contributed by atoms with E-state index in [2.05, 4.69) is 5.32 Å². The van der Waals surface area contributed by atoms with E-state index in [9.17, 15) is 13.8 Å². The number of carbonyl (C=O) groups excluding carboxylic acids is 2. The molecule has 0 saturated heterocycles. The van der Waals surface area contributed by atoms with Crippen molar-refractivity contribution in [2.24, 2.45) is 0 Å². The highest BCUT2D eigenvalue weighted by molar-refractivity contribution is 7.85. The van der Waals surface area contributed by atoms with Crippen LogP contribution in [-0.4, -0.2) is 29.1 Å². The lowest BCUT2D eigenvalue weighted by molar-refractivity contribution is 0.0950. The van der Waals surface area contributed by atoms with Gasteiger partial charge in [0.1, 0.15) is 0 Å². The van der Waals surface area contributed by atoms with Gasteiger partial charge < -0.3 is 16.0 Å². The molecule has 0 bridgehead atoms. The second-order valence-corrected chi connectivity index (χ2v) is 8.66. The Balaban J connectivity index is 1.58. The van der Waals surface area contributed by atoms with Crippen molar-refractivity contribution in [3.63, 3.8) is 0 Å². The van der Waals surface area contributed by atoms with Gasteiger partial charge >= 0.3 is 0 Å². The Bertz CT molecular complexity index is 1170. The Hall–Kier alpha value is -3.45. The highest BCUT2D eigenvalue weighted by Gasteiger charge is 2.30. The molecule has 1 heterocycles. The second-order valence-electron chi connectivity index (χ2n) is 7.24. The summed E-state index contributed by atoms with van der Waals surface area (Å²) in [6.45, 7) is 2.73. The lowest BCUT2D eigenvalue weighted by atomic mass is 10.1. The number of carbonyl (C=O) groups is 2. The average Bonchev–Trinajstić information content (AvgIpc) is 2.88. The molecule has 7 heteroatoms. The number of benzene rings is 3. The number of amides is 2. The minimum absolute atomic E-state index is 0.217. The summed E-state index contributed by atoms with van der Waals surface area (Å²) in [7, 11) is -1.51. The first-order valence-electron chi connectivity index (χ1n) is 10.1. The van der Waals surface area contributed by atoms with Gasteiger partial charge in [-0.05, 0) is 61.4 Å². The van der Waals surface area contributed by atoms with Crippen LogP contribution in [-0.2, 0) is 17.2 Å². The molecule has 31 heavy (non-hydrogen) atoms. The molecule has 3 N–H and O–H groups in total. The lowest BCUT2D eigenvalue weighted by Crippen LogP contribution is -2.31. The van der Waals surface area contributed by atoms with Crippen molar-refractivity contribution in [1.29, 1.82) is 0 Å². The van der Waals surface area contributed by atoms with Gasteiger partial charge in [0.2, 0.25) is 0 Å². The van der Waals surface area contributed by atoms with Crippen molar-refractivity contribution in [2.75, 3.05) is 23.7 Å². The highest BCUT2D eigenvalue weighted by Crippen LogP contribution is 2.35. The van der Waals surface area contributed by atoms with Crippen LogP contribution < -0.4 is 16.0 Å². The summed E-state index contributed by atoms with van der Waals surface area (Å²) in [6, 6.07) is 19.4. The zero-order chi connectivity index (χ0) is 22.0. The predicted molar refractivity (Wildman–Crippen MR) is 122 cm³/mol. The highest BCUT2D eigenvalue weighted by atomic mass is 32.2. The van der Waals surface area contributed by atoms with Crippen LogP contribution in [0, 0.1) is 0 Å². The average molecular weight is 434 g/mol. The molecular formula is C24H23N3O3S. The van der Waals surface area contributed by atoms with Crippen molar-refractivity contribution in [3.05, 3.63) is 83.4 Å². The fraction of sp³-hybridized carbons (Fsp3) is 0.167. The quantitative estimate of drug-likeness (QED) is 0.603. The molecule has 0 radical (unpaired) electrons. The summed E-state index contributed by atoms with van der Waals surface area (Å²) < 4.78 is 13.2. The molecule has 1 aliphatic heterocycles. The van der Waals surface area contributed by atoms with Crippen molar-refractivity contribution >= 4 is 34.0 Å². The second kappa shape index (κ2) is 8.73. The summed E-state index contributed by atoms with van der Waals surface area (Å²) in [5.41, 5.74) is 8.83. The number of fused-ring (bicyclic) bond motifs is 2. The normalized spacial score (nSPS) is 15.1. The summed E-state index contributed by atoms with van der Waals surface area (Å²) in [5, 5.41) is 2.91. The van der Waals surface area contributed by atoms with E-state index < -0.39 is 10.8 Å². The Labute approximate surface area is 183 Å². The third kappa shape index (κ3) is 4.09. The Kier molecular flexibility index (Phi) is 5.86. The van der Waals surface area contributed by atoms with Crippen LogP contribution >= 0.6 is 0 Å². The minimum atomic E-state index is -1.51. The van der Waals surface area contributed by atoms with Crippen molar-refractivity contribution < 1.29 is 13.8 Å². The maximum Gasteiger partial charge on any atom is 0.259 e. The van der Waals surface area contributed by atoms with Gasteiger partial charge in [-0.15, -0.1) is 0 Å². The van der Waals surface area contributed by atoms with Crippen LogP contribution in [0.15, 0.2) is 76.5 Å². The molecule has 0 spiro atoms. The monoisotopic (exact) mass is 433 g/mol. The van der Waals surface area contributed by atoms with Crippen LogP contribution in [0.3, 0.4) is 0 Å². The first-order chi connectivity index (χ1) is 15.0. The molecule has 4 rings (SSSR count). The van der Waals surface area contributed by atoms with E-state index in [0.29, 0.717) is 51.8 Å². The fourth-order valence-corrected chi connectivity index (χ4v) is 4.97. The number of hydrogen-bond acceptors (Lipinski definition) is 4. The summed E-state index contributed by atoms with van der Waals surface area (Å²) in [6.07, 6.45) is 0.676. The number of nitrogens with zero attached hydrogens (tertiary/aromatic N) is 1. The number of anilines is 2. The van der Waals surface area contributed by atoms with Crippen molar-refractivity contribution in [1.82, 2.24) is 5.32 Å². The fourth-order valence-electron chi connectivity index (χ4n) is 3.63. The molecule has 3 aromatic carbocycles. The van der Waals surface area contributed by atoms with Gasteiger partial charge in [0.15, 0.2) is 0 Å². The molecule has 1 unspecified atom stereocenters. The van der Waals surface area contributed by atoms with Crippen LogP contribution in [0.1, 0.15) is 33.2 Å². The number of hydrogen-bond donors (Lipinski definition) is 2. The first kappa shape index (κ1) is 20.8. The predicted octanol–water partition coefficient (Wildman–Crippen LogP) is 3.39. The summed E-state index contributed by atoms with van der Waals surface area (Å²) in [4.78, 5) is 28.4. The summed E-state index contributed by atoms with van der Waals surface area (Å²) >= 11 is 0. The van der Waals surface area contributed by atoms with Gasteiger partial charge in [-0.2, -0.15) is 0 Å². The zero-order valence-corrected chi connectivity index (χ0v) is 17.9. The standard InChI is InChI=1S/C24H23N3O3S/c1-2-27-20-15-17(23(28)26-14-13-16-7-10-18(25)11-8-16)9-12-22(20)31(30)21-6-4-3-5-19(21)24(27)29/h3-12,15H,2,13-14,25H2,1H3,(H,26,28). The van der Waals surface area contributed by atoms with Crippen LogP contribution in [0.5, 0.6) is 0 Å². The van der Waals surface area contributed by atoms with E-state index in [0.717, 1.165) is 5.56 Å². The SMILES string of the molecule is CCN1C(=O)c2ccccc2S(=O)c2ccc(C(=O)NCCc3ccc(N)cc3)cc21. The maximum absolute atomic E-state index is 13.2. The minimum Gasteiger partial charge on any atom is -0.399 e. The molecule has 2 amide bonds. The molecule has 1 atom stereocenters. The van der Waals surface area contributed by atoms with Crippen LogP contribution in [0.25, 0.3) is 0 Å². The van der Waals surface area contributed by atoms with Gasteiger partial charge in [0, 0.05) is 24.3 Å². The molecule has 0 aliphatic carbocycles. The number of nitrogens with two attached hydrogens (primary N) is 1. The van der Waals surface area contributed by atoms with E-state index >= 15 is 0 Å². The van der Waals surface area contributed by atoms with Gasteiger partial charge in [-0.25, -0.2) is 4.21 Å².